The van der Waals surface area contributed by atoms with Crippen molar-refractivity contribution >= 4 is 13.7 Å². The summed E-state index contributed by atoms with van der Waals surface area (Å²) in [6.07, 6.45) is 59.9. The number of likely N-dealkylation sites (N-methyl/N-ethyl adjacent to an activating group) is 1. The SMILES string of the molecule is CC/C=C\C/C=C\C/C=C\C/C=C\C/C=C\C/C=C\C/C=C\C/C=C\CCCCC(=O)NC(COP(=O)(O)OCC[N+](C)(C)C)C(O)C(O)CCC/C=C/CC/C=C/CCCCC. The van der Waals surface area contributed by atoms with Gasteiger partial charge in [-0.2, -0.15) is 0 Å². The first-order valence-corrected chi connectivity index (χ1v) is 25.5. The van der Waals surface area contributed by atoms with Gasteiger partial charge in [0.15, 0.2) is 0 Å². The van der Waals surface area contributed by atoms with Crippen molar-refractivity contribution < 1.29 is 38.0 Å². The molecule has 4 atom stereocenters. The lowest BCUT2D eigenvalue weighted by Crippen LogP contribution is -2.51. The van der Waals surface area contributed by atoms with Gasteiger partial charge in [0, 0.05) is 6.42 Å². The Hall–Kier alpha value is -3.14. The van der Waals surface area contributed by atoms with Gasteiger partial charge in [0.2, 0.25) is 5.91 Å². The van der Waals surface area contributed by atoms with E-state index in [1.54, 1.807) is 0 Å². The van der Waals surface area contributed by atoms with E-state index in [0.29, 0.717) is 30.3 Å². The molecule has 0 fully saturated rings. The minimum absolute atomic E-state index is 0.00268. The molecule has 0 aliphatic carbocycles. The summed E-state index contributed by atoms with van der Waals surface area (Å²) in [4.78, 5) is 23.2. The van der Waals surface area contributed by atoms with Gasteiger partial charge in [0.25, 0.3) is 0 Å². The van der Waals surface area contributed by atoms with Gasteiger partial charge in [-0.1, -0.05) is 148 Å². The van der Waals surface area contributed by atoms with Crippen LogP contribution in [0.1, 0.15) is 149 Å². The summed E-state index contributed by atoms with van der Waals surface area (Å²) >= 11 is 0. The first-order valence-electron chi connectivity index (χ1n) is 24.0. The van der Waals surface area contributed by atoms with Crippen LogP contribution < -0.4 is 5.32 Å². The quantitative estimate of drug-likeness (QED) is 0.0208. The van der Waals surface area contributed by atoms with Gasteiger partial charge < -0.3 is 24.9 Å². The number of nitrogens with zero attached hydrogens (tertiary/aromatic N) is 1. The summed E-state index contributed by atoms with van der Waals surface area (Å²) in [5.41, 5.74) is 0. The summed E-state index contributed by atoms with van der Waals surface area (Å²) < 4.78 is 23.5. The molecular formula is C53H90N2O7P+. The second-order valence-corrected chi connectivity index (χ2v) is 18.3. The number of amides is 1. The molecule has 0 bridgehead atoms. The number of phosphoric acid groups is 1. The molecule has 10 heteroatoms. The predicted octanol–water partition coefficient (Wildman–Crippen LogP) is 12.8. The Morgan fingerprint density at radius 1 is 0.571 bits per heavy atom. The van der Waals surface area contributed by atoms with Crippen LogP contribution >= 0.6 is 7.82 Å². The van der Waals surface area contributed by atoms with Gasteiger partial charge in [0.05, 0.1) is 39.9 Å². The number of hydrogen-bond donors (Lipinski definition) is 4. The van der Waals surface area contributed by atoms with Crippen LogP contribution in [-0.2, 0) is 18.4 Å². The molecule has 0 spiro atoms. The van der Waals surface area contributed by atoms with E-state index in [1.807, 2.05) is 21.1 Å². The Kier molecular flexibility index (Phi) is 40.7. The van der Waals surface area contributed by atoms with Crippen LogP contribution in [0.15, 0.2) is 122 Å². The Morgan fingerprint density at radius 2 is 0.984 bits per heavy atom. The third-order valence-corrected chi connectivity index (χ3v) is 10.7. The molecule has 0 aromatic rings. The number of aliphatic hydroxyl groups excluding tert-OH is 2. The van der Waals surface area contributed by atoms with Crippen LogP contribution in [0.25, 0.3) is 0 Å². The molecule has 0 saturated carbocycles. The van der Waals surface area contributed by atoms with Crippen LogP contribution in [0.4, 0.5) is 0 Å². The van der Waals surface area contributed by atoms with E-state index >= 15 is 0 Å². The zero-order chi connectivity index (χ0) is 46.5. The summed E-state index contributed by atoms with van der Waals surface area (Å²) in [6.45, 7) is 4.36. The van der Waals surface area contributed by atoms with Crippen molar-refractivity contribution in [2.45, 2.75) is 167 Å². The van der Waals surface area contributed by atoms with Crippen molar-refractivity contribution in [2.24, 2.45) is 0 Å². The summed E-state index contributed by atoms with van der Waals surface area (Å²) in [7, 11) is 1.35. The Morgan fingerprint density at radius 3 is 1.44 bits per heavy atom. The van der Waals surface area contributed by atoms with Gasteiger partial charge in [-0.05, 0) is 116 Å². The number of allylic oxidation sites excluding steroid dienone is 20. The molecular weight excluding hydrogens is 808 g/mol. The molecule has 0 radical (unpaired) electrons. The van der Waals surface area contributed by atoms with Crippen LogP contribution in [0.3, 0.4) is 0 Å². The van der Waals surface area contributed by atoms with Crippen molar-refractivity contribution in [3.8, 4) is 0 Å². The lowest BCUT2D eigenvalue weighted by atomic mass is 10.0. The van der Waals surface area contributed by atoms with E-state index in [2.05, 4.69) is 141 Å². The molecule has 0 aliphatic rings. The van der Waals surface area contributed by atoms with Crippen LogP contribution in [-0.4, -0.2) is 84.6 Å². The van der Waals surface area contributed by atoms with Crippen molar-refractivity contribution in [3.05, 3.63) is 122 Å². The fourth-order valence-electron chi connectivity index (χ4n) is 5.94. The molecule has 0 aromatic carbocycles. The smallest absolute Gasteiger partial charge is 0.390 e. The highest BCUT2D eigenvalue weighted by Crippen LogP contribution is 2.43. The summed E-state index contributed by atoms with van der Waals surface area (Å²) in [6, 6.07) is -1.09. The molecule has 0 heterocycles. The third kappa shape index (κ3) is 43.9. The van der Waals surface area contributed by atoms with E-state index in [1.165, 1.54) is 19.3 Å². The predicted molar refractivity (Wildman–Crippen MR) is 268 cm³/mol. The maximum Gasteiger partial charge on any atom is 0.472 e. The Balaban J connectivity index is 4.54. The van der Waals surface area contributed by atoms with Crippen molar-refractivity contribution in [2.75, 3.05) is 40.9 Å². The lowest BCUT2D eigenvalue weighted by molar-refractivity contribution is -0.870. The number of quaternary nitrogens is 1. The summed E-state index contributed by atoms with van der Waals surface area (Å²) in [5, 5.41) is 24.6. The van der Waals surface area contributed by atoms with Crippen LogP contribution in [0.5, 0.6) is 0 Å². The monoisotopic (exact) mass is 898 g/mol. The number of nitrogens with one attached hydrogen (secondary N) is 1. The minimum Gasteiger partial charge on any atom is -0.390 e. The van der Waals surface area contributed by atoms with Crippen LogP contribution in [0, 0.1) is 0 Å². The van der Waals surface area contributed by atoms with E-state index in [-0.39, 0.29) is 18.9 Å². The molecule has 9 nitrogen and oxygen atoms in total. The highest BCUT2D eigenvalue weighted by Gasteiger charge is 2.31. The largest absolute Gasteiger partial charge is 0.472 e. The number of unbranched alkanes of at least 4 members (excludes halogenated alkanes) is 7. The number of rotatable bonds is 41. The standard InChI is InChI=1S/C53H89N2O7P/c1-6-8-10-12-14-16-18-20-21-22-23-24-25-26-27-28-29-30-31-32-33-34-36-38-40-42-44-46-52(57)54-50(49-62-63(59,60)61-48-47-55(3,4)5)53(58)51(56)45-43-41-39-37-35-19-17-15-13-11-9-7-2/h8,10,14-17,20-21,23-24,26-27,29-30,32-33,36-39,50-51,53,56,58H,6-7,9,11-13,18-19,22,25,28,31,34-35,40-49H2,1-5H3,(H-,54,57,59,60)/p+1/b10-8-,16-14-,17-15+,21-20-,24-23-,27-26-,30-29-,33-32-,38-36-,39-37+. The Labute approximate surface area is 385 Å². The number of hydrogen-bond acceptors (Lipinski definition) is 6. The van der Waals surface area contributed by atoms with Gasteiger partial charge in [0.1, 0.15) is 19.3 Å². The molecule has 0 aliphatic heterocycles. The first-order chi connectivity index (χ1) is 30.4. The molecule has 0 aromatic heterocycles. The van der Waals surface area contributed by atoms with Gasteiger partial charge in [-0.3, -0.25) is 13.8 Å². The third-order valence-electron chi connectivity index (χ3n) is 9.76. The first kappa shape index (κ1) is 59.9. The van der Waals surface area contributed by atoms with Crippen molar-refractivity contribution in [1.29, 1.82) is 0 Å². The van der Waals surface area contributed by atoms with E-state index in [4.69, 9.17) is 9.05 Å². The average Bonchev–Trinajstić information content (AvgIpc) is 3.24. The number of carbonyl (C=O) groups is 1. The van der Waals surface area contributed by atoms with Gasteiger partial charge in [-0.25, -0.2) is 4.57 Å². The second-order valence-electron chi connectivity index (χ2n) is 16.9. The molecule has 1 amide bonds. The van der Waals surface area contributed by atoms with E-state index in [0.717, 1.165) is 89.9 Å². The highest BCUT2D eigenvalue weighted by atomic mass is 31.2. The van der Waals surface area contributed by atoms with Crippen LogP contribution in [0.2, 0.25) is 0 Å². The minimum atomic E-state index is -4.45. The average molecular weight is 898 g/mol. The topological polar surface area (TPSA) is 125 Å². The van der Waals surface area contributed by atoms with Gasteiger partial charge in [-0.15, -0.1) is 0 Å². The second kappa shape index (κ2) is 42.8. The molecule has 0 rings (SSSR count). The normalized spacial score (nSPS) is 15.7. The van der Waals surface area contributed by atoms with Crippen molar-refractivity contribution in [1.82, 2.24) is 5.32 Å². The summed E-state index contributed by atoms with van der Waals surface area (Å²) in [5.74, 6) is -0.322. The number of phosphoric ester groups is 1. The lowest BCUT2D eigenvalue weighted by Gasteiger charge is -2.28. The highest BCUT2D eigenvalue weighted by molar-refractivity contribution is 7.47. The zero-order valence-electron chi connectivity index (χ0n) is 40.1. The maximum absolute atomic E-state index is 12.9. The van der Waals surface area contributed by atoms with E-state index < -0.39 is 32.7 Å². The fourth-order valence-corrected chi connectivity index (χ4v) is 6.67. The molecule has 358 valence electrons. The van der Waals surface area contributed by atoms with E-state index in [9.17, 15) is 24.5 Å². The van der Waals surface area contributed by atoms with Gasteiger partial charge >= 0.3 is 7.82 Å². The molecule has 63 heavy (non-hydrogen) atoms. The molecule has 4 N–H and O–H groups in total. The maximum atomic E-state index is 12.9. The number of carbonyl (C=O) groups excluding carboxylic acids is 1. The van der Waals surface area contributed by atoms with Crippen molar-refractivity contribution in [3.63, 3.8) is 0 Å². The zero-order valence-corrected chi connectivity index (χ0v) is 41.0. The fraction of sp³-hybridized carbons (Fsp3) is 0.604. The molecule has 0 saturated heterocycles. The molecule has 4 unspecified atom stereocenters. The number of aliphatic hydroxyl groups is 2. The Bertz CT molecular complexity index is 1450.